The second kappa shape index (κ2) is 14.3. The Labute approximate surface area is 264 Å². The Morgan fingerprint density at radius 3 is 2.45 bits per heavy atom. The lowest BCUT2D eigenvalue weighted by atomic mass is 10.0. The first-order valence-corrected chi connectivity index (χ1v) is 16.0. The van der Waals surface area contributed by atoms with Crippen molar-refractivity contribution in [3.8, 4) is 0 Å². The van der Waals surface area contributed by atoms with E-state index in [1.165, 1.54) is 47.4 Å². The molecule has 0 bridgehead atoms. The number of thioether (sulfide) groups is 1. The van der Waals surface area contributed by atoms with E-state index in [2.05, 4.69) is 10.6 Å². The topological polar surface area (TPSA) is 114 Å². The Bertz CT molecular complexity index is 1530. The zero-order chi connectivity index (χ0) is 32.0. The highest BCUT2D eigenvalue weighted by molar-refractivity contribution is 8.00. The summed E-state index contributed by atoms with van der Waals surface area (Å²) in [5.41, 5.74) is 1.32. The maximum Gasteiger partial charge on any atom is 0.410 e. The van der Waals surface area contributed by atoms with Crippen molar-refractivity contribution in [1.82, 2.24) is 4.90 Å². The van der Waals surface area contributed by atoms with E-state index >= 15 is 0 Å². The Morgan fingerprint density at radius 1 is 1.07 bits per heavy atom. The van der Waals surface area contributed by atoms with Gasteiger partial charge in [0.2, 0.25) is 5.91 Å². The Hall–Kier alpha value is -3.90. The molecule has 3 aromatic rings. The molecular formula is C32H36FN3O6S2. The van der Waals surface area contributed by atoms with Crippen LogP contribution in [0.1, 0.15) is 72.2 Å². The van der Waals surface area contributed by atoms with Crippen LogP contribution in [0.25, 0.3) is 0 Å². The Morgan fingerprint density at radius 2 is 1.80 bits per heavy atom. The lowest BCUT2D eigenvalue weighted by molar-refractivity contribution is -0.115. The molecule has 1 aliphatic rings. The van der Waals surface area contributed by atoms with Gasteiger partial charge in [0.05, 0.1) is 24.0 Å². The third kappa shape index (κ3) is 8.38. The quantitative estimate of drug-likeness (QED) is 0.189. The standard InChI is InChI=1S/C32H36FN3O6S2/c1-6-24(43-22-10-8-9-21(17-22)34-27(37)19-11-13-20(33)14-12-19)28(38)35-29-26(30(39)41-7-2)23-15-16-36(18-25(23)44-29)31(40)42-32(3,4)5/h8-14,17,24H,6-7,15-16,18H2,1-5H3,(H,34,37)(H,35,38). The lowest BCUT2D eigenvalue weighted by Gasteiger charge is -2.30. The van der Waals surface area contributed by atoms with Crippen molar-refractivity contribution in [2.24, 2.45) is 0 Å². The molecule has 0 saturated heterocycles. The number of esters is 1. The van der Waals surface area contributed by atoms with Gasteiger partial charge in [-0.05, 0) is 88.6 Å². The molecule has 2 N–H and O–H groups in total. The van der Waals surface area contributed by atoms with Crippen molar-refractivity contribution in [1.29, 1.82) is 0 Å². The van der Waals surface area contributed by atoms with Crippen LogP contribution in [0.5, 0.6) is 0 Å². The summed E-state index contributed by atoms with van der Waals surface area (Å²) in [6, 6.07) is 12.4. The van der Waals surface area contributed by atoms with Crippen LogP contribution in [-0.4, -0.2) is 52.8 Å². The van der Waals surface area contributed by atoms with Crippen molar-refractivity contribution in [2.75, 3.05) is 23.8 Å². The first-order valence-electron chi connectivity index (χ1n) is 14.3. The molecule has 3 amide bonds. The van der Waals surface area contributed by atoms with Gasteiger partial charge in [0, 0.05) is 27.6 Å². The van der Waals surface area contributed by atoms with Gasteiger partial charge in [-0.3, -0.25) is 9.59 Å². The number of hydrogen-bond donors (Lipinski definition) is 2. The number of amides is 3. The summed E-state index contributed by atoms with van der Waals surface area (Å²) >= 11 is 2.59. The second-order valence-corrected chi connectivity index (χ2v) is 13.5. The van der Waals surface area contributed by atoms with Gasteiger partial charge in [-0.2, -0.15) is 0 Å². The average molecular weight is 642 g/mol. The molecule has 1 atom stereocenters. The molecule has 0 radical (unpaired) electrons. The van der Waals surface area contributed by atoms with Crippen LogP contribution in [0.3, 0.4) is 0 Å². The van der Waals surface area contributed by atoms with E-state index in [1.807, 2.05) is 13.0 Å². The van der Waals surface area contributed by atoms with Crippen LogP contribution in [0.15, 0.2) is 53.4 Å². The third-order valence-electron chi connectivity index (χ3n) is 6.56. The minimum Gasteiger partial charge on any atom is -0.462 e. The number of halogens is 1. The molecule has 9 nitrogen and oxygen atoms in total. The zero-order valence-corrected chi connectivity index (χ0v) is 27.0. The van der Waals surface area contributed by atoms with Gasteiger partial charge in [0.25, 0.3) is 5.91 Å². The van der Waals surface area contributed by atoms with E-state index < -0.39 is 28.7 Å². The highest BCUT2D eigenvalue weighted by Crippen LogP contribution is 2.39. The highest BCUT2D eigenvalue weighted by Gasteiger charge is 2.33. The summed E-state index contributed by atoms with van der Waals surface area (Å²) in [7, 11) is 0. The first-order chi connectivity index (χ1) is 20.9. The number of carbonyl (C=O) groups excluding carboxylic acids is 4. The molecule has 0 aliphatic carbocycles. The summed E-state index contributed by atoms with van der Waals surface area (Å²) in [4.78, 5) is 55.0. The molecule has 12 heteroatoms. The largest absolute Gasteiger partial charge is 0.462 e. The van der Waals surface area contributed by atoms with E-state index in [9.17, 15) is 23.6 Å². The summed E-state index contributed by atoms with van der Waals surface area (Å²) in [6.45, 7) is 9.85. The molecule has 2 heterocycles. The molecular weight excluding hydrogens is 605 g/mol. The van der Waals surface area contributed by atoms with E-state index in [-0.39, 0.29) is 25.0 Å². The molecule has 0 saturated carbocycles. The second-order valence-electron chi connectivity index (χ2n) is 11.1. The number of benzene rings is 2. The SMILES string of the molecule is CCOC(=O)c1c(NC(=O)C(CC)Sc2cccc(NC(=O)c3ccc(F)cc3)c2)sc2c1CCN(C(=O)OC(C)(C)C)C2. The number of carbonyl (C=O) groups is 4. The maximum atomic E-state index is 13.5. The van der Waals surface area contributed by atoms with Crippen LogP contribution in [0, 0.1) is 5.82 Å². The smallest absolute Gasteiger partial charge is 0.410 e. The number of ether oxygens (including phenoxy) is 2. The number of rotatable bonds is 9. The highest BCUT2D eigenvalue weighted by atomic mass is 32.2. The van der Waals surface area contributed by atoms with Crippen molar-refractivity contribution in [2.45, 2.75) is 69.8 Å². The number of nitrogens with zero attached hydrogens (tertiary/aromatic N) is 1. The van der Waals surface area contributed by atoms with Gasteiger partial charge >= 0.3 is 12.1 Å². The van der Waals surface area contributed by atoms with Crippen molar-refractivity contribution in [3.63, 3.8) is 0 Å². The zero-order valence-electron chi connectivity index (χ0n) is 25.3. The number of anilines is 2. The number of fused-ring (bicyclic) bond motifs is 1. The molecule has 0 spiro atoms. The van der Waals surface area contributed by atoms with Crippen molar-refractivity contribution in [3.05, 3.63) is 75.9 Å². The van der Waals surface area contributed by atoms with Crippen LogP contribution < -0.4 is 10.6 Å². The predicted octanol–water partition coefficient (Wildman–Crippen LogP) is 7.12. The van der Waals surface area contributed by atoms with Crippen LogP contribution in [0.4, 0.5) is 19.9 Å². The van der Waals surface area contributed by atoms with E-state index in [0.29, 0.717) is 41.2 Å². The van der Waals surface area contributed by atoms with Crippen LogP contribution in [-0.2, 0) is 27.2 Å². The number of nitrogens with one attached hydrogen (secondary N) is 2. The van der Waals surface area contributed by atoms with Gasteiger partial charge in [0.1, 0.15) is 16.4 Å². The van der Waals surface area contributed by atoms with E-state index in [4.69, 9.17) is 9.47 Å². The van der Waals surface area contributed by atoms with E-state index in [0.717, 1.165) is 15.3 Å². The van der Waals surface area contributed by atoms with Gasteiger partial charge in [-0.1, -0.05) is 13.0 Å². The van der Waals surface area contributed by atoms with Gasteiger partial charge in [0.15, 0.2) is 0 Å². The summed E-state index contributed by atoms with van der Waals surface area (Å²) in [5, 5.41) is 5.64. The summed E-state index contributed by atoms with van der Waals surface area (Å²) in [5.74, 6) is -1.61. The number of thiophene rings is 1. The fourth-order valence-electron chi connectivity index (χ4n) is 4.52. The molecule has 1 aromatic heterocycles. The van der Waals surface area contributed by atoms with Crippen LogP contribution >= 0.6 is 23.1 Å². The molecule has 234 valence electrons. The fourth-order valence-corrected chi connectivity index (χ4v) is 6.79. The predicted molar refractivity (Wildman–Crippen MR) is 170 cm³/mol. The molecule has 2 aromatic carbocycles. The minimum absolute atomic E-state index is 0.183. The summed E-state index contributed by atoms with van der Waals surface area (Å²) in [6.07, 6.45) is 0.491. The lowest BCUT2D eigenvalue weighted by Crippen LogP contribution is -2.39. The fraction of sp³-hybridized carbons (Fsp3) is 0.375. The van der Waals surface area contributed by atoms with E-state index in [1.54, 1.807) is 50.8 Å². The first kappa shape index (κ1) is 33.0. The monoisotopic (exact) mass is 641 g/mol. The Balaban J connectivity index is 1.49. The molecule has 1 aliphatic heterocycles. The van der Waals surface area contributed by atoms with Crippen molar-refractivity contribution >= 4 is 57.7 Å². The molecule has 44 heavy (non-hydrogen) atoms. The average Bonchev–Trinajstić information content (AvgIpc) is 3.32. The van der Waals surface area contributed by atoms with Gasteiger partial charge < -0.3 is 25.0 Å². The minimum atomic E-state index is -0.636. The Kier molecular flexibility index (Phi) is 10.7. The van der Waals surface area contributed by atoms with Crippen molar-refractivity contribution < 1.29 is 33.0 Å². The molecule has 0 fully saturated rings. The number of hydrogen-bond acceptors (Lipinski definition) is 8. The normalized spacial score (nSPS) is 13.5. The summed E-state index contributed by atoms with van der Waals surface area (Å²) < 4.78 is 24.1. The van der Waals surface area contributed by atoms with Crippen LogP contribution in [0.2, 0.25) is 0 Å². The molecule has 4 rings (SSSR count). The molecule has 1 unspecified atom stereocenters. The third-order valence-corrected chi connectivity index (χ3v) is 9.05. The maximum absolute atomic E-state index is 13.5. The van der Waals surface area contributed by atoms with Gasteiger partial charge in [-0.25, -0.2) is 14.0 Å². The van der Waals surface area contributed by atoms with Gasteiger partial charge in [-0.15, -0.1) is 23.1 Å².